The number of thiophene rings is 1. The molecule has 0 radical (unpaired) electrons. The molecule has 0 aliphatic rings. The fourth-order valence-corrected chi connectivity index (χ4v) is 2.79. The normalized spacial score (nSPS) is 12.3. The van der Waals surface area contributed by atoms with Crippen LogP contribution >= 0.6 is 22.9 Å². The molecule has 1 aromatic carbocycles. The van der Waals surface area contributed by atoms with Crippen molar-refractivity contribution in [2.45, 2.75) is 19.6 Å². The second kappa shape index (κ2) is 7.64. The fraction of sp³-hybridized carbons (Fsp3) is 0.333. The molecular formula is C15H18ClNO2S. The Hall–Kier alpha value is -1.07. The van der Waals surface area contributed by atoms with Crippen molar-refractivity contribution in [1.82, 2.24) is 5.32 Å². The Morgan fingerprint density at radius 1 is 1.35 bits per heavy atom. The lowest BCUT2D eigenvalue weighted by Crippen LogP contribution is -2.30. The Bertz CT molecular complexity index is 544. The number of aryl methyl sites for hydroxylation is 1. The third-order valence-corrected chi connectivity index (χ3v) is 3.95. The zero-order valence-electron chi connectivity index (χ0n) is 11.3. The van der Waals surface area contributed by atoms with E-state index in [9.17, 15) is 5.11 Å². The van der Waals surface area contributed by atoms with Gasteiger partial charge in [0.2, 0.25) is 0 Å². The molecule has 1 unspecified atom stereocenters. The van der Waals surface area contributed by atoms with E-state index in [-0.39, 0.29) is 6.61 Å². The second-order valence-electron chi connectivity index (χ2n) is 4.57. The number of halogens is 1. The van der Waals surface area contributed by atoms with Gasteiger partial charge in [0.05, 0.1) is 0 Å². The maximum Gasteiger partial charge on any atom is 0.120 e. The van der Waals surface area contributed by atoms with E-state index in [1.54, 1.807) is 23.5 Å². The molecule has 20 heavy (non-hydrogen) atoms. The lowest BCUT2D eigenvalue weighted by atomic mass is 10.3. The van der Waals surface area contributed by atoms with Gasteiger partial charge < -0.3 is 15.2 Å². The maximum absolute atomic E-state index is 9.85. The summed E-state index contributed by atoms with van der Waals surface area (Å²) in [5, 5.41) is 13.7. The predicted octanol–water partition coefficient (Wildman–Crippen LogP) is 3.24. The first kappa shape index (κ1) is 15.3. The zero-order chi connectivity index (χ0) is 14.4. The molecule has 0 saturated heterocycles. The van der Waals surface area contributed by atoms with Crippen molar-refractivity contribution in [1.29, 1.82) is 0 Å². The van der Waals surface area contributed by atoms with E-state index in [1.165, 1.54) is 9.75 Å². The van der Waals surface area contributed by atoms with Crippen LogP contribution in [0.2, 0.25) is 5.02 Å². The van der Waals surface area contributed by atoms with E-state index in [2.05, 4.69) is 24.4 Å². The summed E-state index contributed by atoms with van der Waals surface area (Å²) in [5.74, 6) is 0.672. The van der Waals surface area contributed by atoms with Crippen LogP contribution in [0.1, 0.15) is 9.75 Å². The van der Waals surface area contributed by atoms with Gasteiger partial charge in [0.15, 0.2) is 0 Å². The molecule has 5 heteroatoms. The van der Waals surface area contributed by atoms with Crippen LogP contribution in [-0.2, 0) is 6.54 Å². The number of hydrogen-bond donors (Lipinski definition) is 2. The minimum absolute atomic E-state index is 0.247. The average molecular weight is 312 g/mol. The molecule has 0 bridgehead atoms. The number of benzene rings is 1. The maximum atomic E-state index is 9.85. The number of rotatable bonds is 7. The first-order valence-electron chi connectivity index (χ1n) is 6.46. The molecule has 0 saturated carbocycles. The van der Waals surface area contributed by atoms with Gasteiger partial charge in [-0.1, -0.05) is 17.7 Å². The van der Waals surface area contributed by atoms with Gasteiger partial charge in [-0.3, -0.25) is 0 Å². The summed E-state index contributed by atoms with van der Waals surface area (Å²) in [5.41, 5.74) is 0. The highest BCUT2D eigenvalue weighted by atomic mass is 35.5. The van der Waals surface area contributed by atoms with Crippen LogP contribution in [-0.4, -0.2) is 24.4 Å². The van der Waals surface area contributed by atoms with Crippen LogP contribution in [0.3, 0.4) is 0 Å². The topological polar surface area (TPSA) is 41.5 Å². The number of aliphatic hydroxyl groups excluding tert-OH is 1. The van der Waals surface area contributed by atoms with E-state index >= 15 is 0 Å². The smallest absolute Gasteiger partial charge is 0.120 e. The van der Waals surface area contributed by atoms with Crippen molar-refractivity contribution in [2.24, 2.45) is 0 Å². The summed E-state index contributed by atoms with van der Waals surface area (Å²) in [7, 11) is 0. The van der Waals surface area contributed by atoms with Crippen LogP contribution in [0.4, 0.5) is 0 Å². The van der Waals surface area contributed by atoms with Gasteiger partial charge in [-0.15, -0.1) is 11.3 Å². The quantitative estimate of drug-likeness (QED) is 0.825. The largest absolute Gasteiger partial charge is 0.491 e. The minimum Gasteiger partial charge on any atom is -0.491 e. The molecule has 0 spiro atoms. The van der Waals surface area contributed by atoms with Gasteiger partial charge in [-0.05, 0) is 37.3 Å². The van der Waals surface area contributed by atoms with E-state index < -0.39 is 6.10 Å². The average Bonchev–Trinajstić information content (AvgIpc) is 2.82. The standard InChI is InChI=1S/C15H18ClNO2S/c1-11-5-6-15(20-11)9-17-8-13(18)10-19-14-4-2-3-12(16)7-14/h2-7,13,17-18H,8-10H2,1H3. The van der Waals surface area contributed by atoms with Crippen LogP contribution in [0.5, 0.6) is 5.75 Å². The van der Waals surface area contributed by atoms with Gasteiger partial charge in [0.25, 0.3) is 0 Å². The molecule has 2 N–H and O–H groups in total. The summed E-state index contributed by atoms with van der Waals surface area (Å²) in [6.45, 7) is 3.60. The molecule has 108 valence electrons. The molecule has 2 aromatic rings. The van der Waals surface area contributed by atoms with Crippen molar-refractivity contribution in [3.8, 4) is 5.75 Å². The molecule has 2 rings (SSSR count). The Kier molecular flexibility index (Phi) is 5.86. The third-order valence-electron chi connectivity index (χ3n) is 2.71. The van der Waals surface area contributed by atoms with Gasteiger partial charge in [0.1, 0.15) is 18.5 Å². The minimum atomic E-state index is -0.546. The molecule has 1 heterocycles. The van der Waals surface area contributed by atoms with E-state index in [0.717, 1.165) is 6.54 Å². The van der Waals surface area contributed by atoms with Gasteiger partial charge in [0, 0.05) is 27.9 Å². The van der Waals surface area contributed by atoms with Crippen molar-refractivity contribution < 1.29 is 9.84 Å². The Balaban J connectivity index is 1.66. The molecule has 1 aromatic heterocycles. The monoisotopic (exact) mass is 311 g/mol. The van der Waals surface area contributed by atoms with Crippen LogP contribution in [0, 0.1) is 6.92 Å². The van der Waals surface area contributed by atoms with Crippen LogP contribution < -0.4 is 10.1 Å². The molecule has 0 amide bonds. The van der Waals surface area contributed by atoms with E-state index in [0.29, 0.717) is 17.3 Å². The highest BCUT2D eigenvalue weighted by molar-refractivity contribution is 7.11. The summed E-state index contributed by atoms with van der Waals surface area (Å²) in [6, 6.07) is 11.4. The summed E-state index contributed by atoms with van der Waals surface area (Å²) < 4.78 is 5.48. The zero-order valence-corrected chi connectivity index (χ0v) is 12.9. The van der Waals surface area contributed by atoms with Crippen molar-refractivity contribution in [2.75, 3.05) is 13.2 Å². The predicted molar refractivity (Wildman–Crippen MR) is 83.7 cm³/mol. The summed E-state index contributed by atoms with van der Waals surface area (Å²) in [4.78, 5) is 2.57. The number of hydrogen-bond acceptors (Lipinski definition) is 4. The van der Waals surface area contributed by atoms with Gasteiger partial charge in [-0.25, -0.2) is 0 Å². The fourth-order valence-electron chi connectivity index (χ4n) is 1.75. The van der Waals surface area contributed by atoms with Gasteiger partial charge >= 0.3 is 0 Å². The number of ether oxygens (including phenoxy) is 1. The van der Waals surface area contributed by atoms with E-state index in [1.807, 2.05) is 12.1 Å². The molecule has 3 nitrogen and oxygen atoms in total. The first-order chi connectivity index (χ1) is 9.63. The van der Waals surface area contributed by atoms with Crippen molar-refractivity contribution in [3.63, 3.8) is 0 Å². The lowest BCUT2D eigenvalue weighted by Gasteiger charge is -2.13. The molecular weight excluding hydrogens is 294 g/mol. The molecule has 0 aliphatic heterocycles. The SMILES string of the molecule is Cc1ccc(CNCC(O)COc2cccc(Cl)c2)s1. The second-order valence-corrected chi connectivity index (χ2v) is 6.37. The third kappa shape index (κ3) is 5.13. The van der Waals surface area contributed by atoms with Crippen LogP contribution in [0.25, 0.3) is 0 Å². The summed E-state index contributed by atoms with van der Waals surface area (Å²) in [6.07, 6.45) is -0.546. The van der Waals surface area contributed by atoms with E-state index in [4.69, 9.17) is 16.3 Å². The highest BCUT2D eigenvalue weighted by Crippen LogP contribution is 2.17. The van der Waals surface area contributed by atoms with Crippen LogP contribution in [0.15, 0.2) is 36.4 Å². The highest BCUT2D eigenvalue weighted by Gasteiger charge is 2.06. The molecule has 1 atom stereocenters. The van der Waals surface area contributed by atoms with Gasteiger partial charge in [-0.2, -0.15) is 0 Å². The summed E-state index contributed by atoms with van der Waals surface area (Å²) >= 11 is 7.62. The Morgan fingerprint density at radius 2 is 2.20 bits per heavy atom. The molecule has 0 aliphatic carbocycles. The molecule has 0 fully saturated rings. The first-order valence-corrected chi connectivity index (χ1v) is 7.65. The Morgan fingerprint density at radius 3 is 2.90 bits per heavy atom. The number of aliphatic hydroxyl groups is 1. The van der Waals surface area contributed by atoms with Crippen molar-refractivity contribution >= 4 is 22.9 Å². The van der Waals surface area contributed by atoms with Crippen molar-refractivity contribution in [3.05, 3.63) is 51.2 Å². The Labute approximate surface area is 128 Å². The lowest BCUT2D eigenvalue weighted by molar-refractivity contribution is 0.106. The number of nitrogens with one attached hydrogen (secondary N) is 1.